The Labute approximate surface area is 71.4 Å². The Balaban J connectivity index is 2.93. The summed E-state index contributed by atoms with van der Waals surface area (Å²) in [4.78, 5) is 4.03. The lowest BCUT2D eigenvalue weighted by Gasteiger charge is -1.82. The van der Waals surface area contributed by atoms with E-state index < -0.39 is 0 Å². The predicted octanol–water partition coefficient (Wildman–Crippen LogP) is 2.43. The molecule has 0 unspecified atom stereocenters. The molecule has 2 aromatic heterocycles. The van der Waals surface area contributed by atoms with Gasteiger partial charge in [-0.25, -0.2) is 4.98 Å². The van der Waals surface area contributed by atoms with Crippen molar-refractivity contribution < 1.29 is 4.42 Å². The summed E-state index contributed by atoms with van der Waals surface area (Å²) in [6.45, 7) is 0. The number of halogens is 1. The lowest BCUT2D eigenvalue weighted by molar-refractivity contribution is 0.601. The molecule has 50 valence electrons. The van der Waals surface area contributed by atoms with Crippen molar-refractivity contribution in [2.75, 3.05) is 0 Å². The van der Waals surface area contributed by atoms with Crippen LogP contribution in [-0.2, 0) is 0 Å². The average molecular weight is 245 g/mol. The smallest absolute Gasteiger partial charge is 0.226 e. The van der Waals surface area contributed by atoms with E-state index in [1.165, 1.54) is 0 Å². The molecule has 10 heavy (non-hydrogen) atoms. The molecule has 0 fully saturated rings. The van der Waals surface area contributed by atoms with Crippen molar-refractivity contribution in [2.24, 2.45) is 0 Å². The number of rotatable bonds is 0. The highest BCUT2D eigenvalue weighted by atomic mass is 127. The van der Waals surface area contributed by atoms with Crippen molar-refractivity contribution >= 4 is 33.7 Å². The Morgan fingerprint density at radius 1 is 1.50 bits per heavy atom. The van der Waals surface area contributed by atoms with Gasteiger partial charge in [-0.1, -0.05) is 0 Å². The largest absolute Gasteiger partial charge is 0.445 e. The molecule has 0 aliphatic rings. The van der Waals surface area contributed by atoms with Crippen LogP contribution in [0, 0.1) is 3.57 Å². The van der Waals surface area contributed by atoms with Gasteiger partial charge in [0.2, 0.25) is 5.71 Å². The number of furan rings is 1. The lowest BCUT2D eigenvalue weighted by Crippen LogP contribution is -1.69. The van der Waals surface area contributed by atoms with Crippen molar-refractivity contribution in [3.05, 3.63) is 28.2 Å². The number of hydrogen-bond donors (Lipinski definition) is 0. The second kappa shape index (κ2) is 2.23. The van der Waals surface area contributed by atoms with Gasteiger partial charge >= 0.3 is 0 Å². The molecule has 0 spiro atoms. The molecule has 0 saturated heterocycles. The minimum Gasteiger partial charge on any atom is -0.445 e. The van der Waals surface area contributed by atoms with Crippen LogP contribution in [0.3, 0.4) is 0 Å². The fourth-order valence-corrected chi connectivity index (χ4v) is 1.38. The number of hydrogen-bond acceptors (Lipinski definition) is 2. The number of pyridine rings is 1. The normalized spacial score (nSPS) is 10.5. The molecule has 0 atom stereocenters. The summed E-state index contributed by atoms with van der Waals surface area (Å²) < 4.78 is 6.24. The molecule has 2 nitrogen and oxygen atoms in total. The zero-order chi connectivity index (χ0) is 6.97. The molecule has 0 bridgehead atoms. The Kier molecular flexibility index (Phi) is 1.37. The van der Waals surface area contributed by atoms with Gasteiger partial charge in [0.25, 0.3) is 0 Å². The van der Waals surface area contributed by atoms with Crippen molar-refractivity contribution in [1.29, 1.82) is 0 Å². The van der Waals surface area contributed by atoms with Gasteiger partial charge in [0.15, 0.2) is 0 Å². The van der Waals surface area contributed by atoms with Crippen LogP contribution >= 0.6 is 22.6 Å². The van der Waals surface area contributed by atoms with E-state index in [1.807, 2.05) is 12.1 Å². The van der Waals surface area contributed by atoms with E-state index in [0.29, 0.717) is 5.71 Å². The molecule has 0 aromatic carbocycles. The van der Waals surface area contributed by atoms with Crippen LogP contribution in [0.15, 0.2) is 29.0 Å². The summed E-state index contributed by atoms with van der Waals surface area (Å²) in [6.07, 6.45) is 3.43. The van der Waals surface area contributed by atoms with E-state index >= 15 is 0 Å². The average Bonchev–Trinajstić information content (AvgIpc) is 2.34. The molecule has 2 aromatic rings. The third-order valence-corrected chi connectivity index (χ3v) is 2.14. The first-order valence-electron chi connectivity index (χ1n) is 2.85. The highest BCUT2D eigenvalue weighted by Crippen LogP contribution is 2.19. The molecule has 0 amide bonds. The SMILES string of the molecule is Ic1coc2ncccc12. The summed E-state index contributed by atoms with van der Waals surface area (Å²) in [5, 5.41) is 1.09. The fourth-order valence-electron chi connectivity index (χ4n) is 0.838. The highest BCUT2D eigenvalue weighted by molar-refractivity contribution is 14.1. The van der Waals surface area contributed by atoms with Gasteiger partial charge < -0.3 is 4.42 Å². The number of aromatic nitrogens is 1. The van der Waals surface area contributed by atoms with Crippen LogP contribution in [0.25, 0.3) is 11.1 Å². The maximum atomic E-state index is 5.13. The van der Waals surface area contributed by atoms with Gasteiger partial charge in [0, 0.05) is 6.20 Å². The zero-order valence-electron chi connectivity index (χ0n) is 5.04. The molecule has 3 heteroatoms. The van der Waals surface area contributed by atoms with Gasteiger partial charge in [0.1, 0.15) is 6.26 Å². The monoisotopic (exact) mass is 245 g/mol. The van der Waals surface area contributed by atoms with Gasteiger partial charge in [-0.3, -0.25) is 0 Å². The maximum absolute atomic E-state index is 5.13. The topological polar surface area (TPSA) is 26.0 Å². The third kappa shape index (κ3) is 0.811. The van der Waals surface area contributed by atoms with E-state index in [2.05, 4.69) is 27.6 Å². The summed E-state index contributed by atoms with van der Waals surface area (Å²) in [6, 6.07) is 3.90. The molecule has 2 heterocycles. The van der Waals surface area contributed by atoms with E-state index in [4.69, 9.17) is 4.42 Å². The lowest BCUT2D eigenvalue weighted by atomic mass is 10.3. The van der Waals surface area contributed by atoms with Crippen molar-refractivity contribution in [2.45, 2.75) is 0 Å². The van der Waals surface area contributed by atoms with Crippen LogP contribution in [-0.4, -0.2) is 4.98 Å². The molecule has 2 rings (SSSR count). The summed E-state index contributed by atoms with van der Waals surface area (Å²) in [5.41, 5.74) is 0.715. The molecule has 0 N–H and O–H groups in total. The Morgan fingerprint density at radius 3 is 3.20 bits per heavy atom. The van der Waals surface area contributed by atoms with E-state index in [9.17, 15) is 0 Å². The standard InChI is InChI=1S/C7H4INO/c8-6-4-10-7-5(6)2-1-3-9-7/h1-4H. The quantitative estimate of drug-likeness (QED) is 0.666. The van der Waals surface area contributed by atoms with Crippen LogP contribution in [0.1, 0.15) is 0 Å². The molecule has 0 aliphatic carbocycles. The van der Waals surface area contributed by atoms with Gasteiger partial charge in [-0.05, 0) is 34.7 Å². The highest BCUT2D eigenvalue weighted by Gasteiger charge is 2.00. The summed E-state index contributed by atoms with van der Waals surface area (Å²) in [7, 11) is 0. The van der Waals surface area contributed by atoms with Gasteiger partial charge in [-0.2, -0.15) is 0 Å². The van der Waals surface area contributed by atoms with Gasteiger partial charge in [0.05, 0.1) is 8.96 Å². The first-order chi connectivity index (χ1) is 4.88. The second-order valence-electron chi connectivity index (χ2n) is 1.94. The van der Waals surface area contributed by atoms with E-state index in [0.717, 1.165) is 8.96 Å². The van der Waals surface area contributed by atoms with Crippen molar-refractivity contribution in [3.8, 4) is 0 Å². The fraction of sp³-hybridized carbons (Fsp3) is 0. The third-order valence-electron chi connectivity index (χ3n) is 1.30. The number of nitrogens with zero attached hydrogens (tertiary/aromatic N) is 1. The minimum absolute atomic E-state index is 0.715. The molecule has 0 radical (unpaired) electrons. The van der Waals surface area contributed by atoms with E-state index in [1.54, 1.807) is 12.5 Å². The molecule has 0 aliphatic heterocycles. The second-order valence-corrected chi connectivity index (χ2v) is 3.10. The van der Waals surface area contributed by atoms with Crippen LogP contribution in [0.4, 0.5) is 0 Å². The number of fused-ring (bicyclic) bond motifs is 1. The van der Waals surface area contributed by atoms with Crippen LogP contribution in [0.2, 0.25) is 0 Å². The summed E-state index contributed by atoms with van der Waals surface area (Å²) >= 11 is 2.22. The maximum Gasteiger partial charge on any atom is 0.226 e. The first-order valence-corrected chi connectivity index (χ1v) is 3.93. The zero-order valence-corrected chi connectivity index (χ0v) is 7.20. The Hall–Kier alpha value is -0.580. The first kappa shape index (κ1) is 6.15. The molecular weight excluding hydrogens is 241 g/mol. The molecule has 0 saturated carbocycles. The Bertz CT molecular complexity index is 355. The van der Waals surface area contributed by atoms with Gasteiger partial charge in [-0.15, -0.1) is 0 Å². The van der Waals surface area contributed by atoms with E-state index in [-0.39, 0.29) is 0 Å². The van der Waals surface area contributed by atoms with Crippen LogP contribution in [0.5, 0.6) is 0 Å². The predicted molar refractivity (Wildman–Crippen MR) is 46.7 cm³/mol. The van der Waals surface area contributed by atoms with Crippen molar-refractivity contribution in [3.63, 3.8) is 0 Å². The minimum atomic E-state index is 0.715. The van der Waals surface area contributed by atoms with Crippen LogP contribution < -0.4 is 0 Å². The van der Waals surface area contributed by atoms with Crippen molar-refractivity contribution in [1.82, 2.24) is 4.98 Å². The molecular formula is C7H4INO. The Morgan fingerprint density at radius 2 is 2.40 bits per heavy atom. The summed E-state index contributed by atoms with van der Waals surface area (Å²) in [5.74, 6) is 0.